The van der Waals surface area contributed by atoms with Crippen molar-refractivity contribution in [1.82, 2.24) is 0 Å². The number of thiophene rings is 1. The zero-order valence-corrected chi connectivity index (χ0v) is 7.77. The fourth-order valence-electron chi connectivity index (χ4n) is 0.903. The molecule has 0 spiro atoms. The topological polar surface area (TPSA) is 46.5 Å². The van der Waals surface area contributed by atoms with E-state index in [4.69, 9.17) is 9.84 Å². The van der Waals surface area contributed by atoms with Crippen LogP contribution in [0.2, 0.25) is 0 Å². The van der Waals surface area contributed by atoms with E-state index in [0.717, 1.165) is 4.88 Å². The van der Waals surface area contributed by atoms with E-state index in [1.165, 1.54) is 11.3 Å². The maximum atomic E-state index is 10.6. The third-order valence-electron chi connectivity index (χ3n) is 1.32. The van der Waals surface area contributed by atoms with Crippen LogP contribution in [0.4, 0.5) is 0 Å². The molecular formula is C8H10O3S. The van der Waals surface area contributed by atoms with Crippen LogP contribution in [0.25, 0.3) is 0 Å². The van der Waals surface area contributed by atoms with Crippen molar-refractivity contribution < 1.29 is 14.6 Å². The molecular weight excluding hydrogens is 176 g/mol. The van der Waals surface area contributed by atoms with Crippen LogP contribution >= 0.6 is 11.3 Å². The Labute approximate surface area is 74.6 Å². The van der Waals surface area contributed by atoms with Gasteiger partial charge in [-0.2, -0.15) is 0 Å². The van der Waals surface area contributed by atoms with Crippen LogP contribution in [-0.2, 0) is 0 Å². The van der Waals surface area contributed by atoms with E-state index in [1.807, 2.05) is 13.8 Å². The minimum Gasteiger partial charge on any atom is -0.492 e. The number of carboxylic acid groups (broad SMARTS) is 1. The van der Waals surface area contributed by atoms with Crippen molar-refractivity contribution in [2.75, 3.05) is 6.61 Å². The molecule has 0 amide bonds. The summed E-state index contributed by atoms with van der Waals surface area (Å²) in [5, 5.41) is 8.74. The van der Waals surface area contributed by atoms with Crippen molar-refractivity contribution >= 4 is 17.3 Å². The van der Waals surface area contributed by atoms with Crippen molar-refractivity contribution in [3.63, 3.8) is 0 Å². The lowest BCUT2D eigenvalue weighted by molar-refractivity contribution is 0.0698. The summed E-state index contributed by atoms with van der Waals surface area (Å²) >= 11 is 1.24. The van der Waals surface area contributed by atoms with E-state index in [0.29, 0.717) is 12.4 Å². The van der Waals surface area contributed by atoms with Gasteiger partial charge in [-0.05, 0) is 19.9 Å². The fraction of sp³-hybridized carbons (Fsp3) is 0.375. The molecule has 1 rings (SSSR count). The predicted octanol–water partition coefficient (Wildman–Crippen LogP) is 2.15. The molecule has 0 aliphatic heterocycles. The van der Waals surface area contributed by atoms with E-state index < -0.39 is 5.97 Å². The summed E-state index contributed by atoms with van der Waals surface area (Å²) in [5.74, 6) is -0.441. The molecule has 1 aromatic rings. The van der Waals surface area contributed by atoms with Crippen molar-refractivity contribution in [3.05, 3.63) is 15.8 Å². The van der Waals surface area contributed by atoms with Crippen LogP contribution in [0.5, 0.6) is 5.75 Å². The van der Waals surface area contributed by atoms with Crippen LogP contribution in [0.15, 0.2) is 6.07 Å². The van der Waals surface area contributed by atoms with Crippen molar-refractivity contribution in [2.45, 2.75) is 13.8 Å². The second-order valence-corrected chi connectivity index (χ2v) is 3.54. The average molecular weight is 186 g/mol. The van der Waals surface area contributed by atoms with Crippen molar-refractivity contribution in [3.8, 4) is 5.75 Å². The first-order valence-corrected chi connectivity index (χ1v) is 4.43. The smallest absolute Gasteiger partial charge is 0.349 e. The monoisotopic (exact) mass is 186 g/mol. The molecule has 1 aromatic heterocycles. The summed E-state index contributed by atoms with van der Waals surface area (Å²) in [4.78, 5) is 11.9. The Hall–Kier alpha value is -1.03. The van der Waals surface area contributed by atoms with Gasteiger partial charge in [0.1, 0.15) is 5.75 Å². The molecule has 12 heavy (non-hydrogen) atoms. The number of carbonyl (C=O) groups is 1. The SMILES string of the molecule is CCOc1cc(C)sc1C(=O)O. The van der Waals surface area contributed by atoms with Crippen LogP contribution in [0.1, 0.15) is 21.5 Å². The van der Waals surface area contributed by atoms with Gasteiger partial charge in [-0.3, -0.25) is 0 Å². The number of hydrogen-bond donors (Lipinski definition) is 1. The highest BCUT2D eigenvalue weighted by atomic mass is 32.1. The Balaban J connectivity index is 2.99. The van der Waals surface area contributed by atoms with Crippen LogP contribution in [0.3, 0.4) is 0 Å². The quantitative estimate of drug-likeness (QED) is 0.786. The normalized spacial score (nSPS) is 9.83. The standard InChI is InChI=1S/C8H10O3S/c1-3-11-6-4-5(2)12-7(6)8(9)10/h4H,3H2,1-2H3,(H,9,10). The van der Waals surface area contributed by atoms with E-state index in [9.17, 15) is 4.79 Å². The van der Waals surface area contributed by atoms with Gasteiger partial charge in [-0.25, -0.2) is 4.79 Å². The maximum Gasteiger partial charge on any atom is 0.349 e. The molecule has 0 atom stereocenters. The van der Waals surface area contributed by atoms with E-state index >= 15 is 0 Å². The number of rotatable bonds is 3. The van der Waals surface area contributed by atoms with Crippen LogP contribution in [0, 0.1) is 6.92 Å². The van der Waals surface area contributed by atoms with Gasteiger partial charge in [0.2, 0.25) is 0 Å². The largest absolute Gasteiger partial charge is 0.492 e. The minimum absolute atomic E-state index is 0.286. The zero-order chi connectivity index (χ0) is 9.14. The lowest BCUT2D eigenvalue weighted by atomic mass is 10.4. The van der Waals surface area contributed by atoms with Gasteiger partial charge in [-0.15, -0.1) is 11.3 Å². The third kappa shape index (κ3) is 1.76. The summed E-state index contributed by atoms with van der Waals surface area (Å²) < 4.78 is 5.15. The number of aromatic carboxylic acids is 1. The molecule has 0 fully saturated rings. The Morgan fingerprint density at radius 3 is 2.92 bits per heavy atom. The summed E-state index contributed by atoms with van der Waals surface area (Å²) in [6.45, 7) is 4.19. The molecule has 0 aromatic carbocycles. The van der Waals surface area contributed by atoms with Gasteiger partial charge in [0.05, 0.1) is 6.61 Å². The molecule has 0 bridgehead atoms. The van der Waals surface area contributed by atoms with Gasteiger partial charge in [0.15, 0.2) is 4.88 Å². The van der Waals surface area contributed by atoms with Crippen molar-refractivity contribution in [2.24, 2.45) is 0 Å². The number of aryl methyl sites for hydroxylation is 1. The van der Waals surface area contributed by atoms with Crippen LogP contribution in [-0.4, -0.2) is 17.7 Å². The van der Waals surface area contributed by atoms with Gasteiger partial charge < -0.3 is 9.84 Å². The van der Waals surface area contributed by atoms with Gasteiger partial charge >= 0.3 is 5.97 Å². The van der Waals surface area contributed by atoms with Crippen molar-refractivity contribution in [1.29, 1.82) is 0 Å². The van der Waals surface area contributed by atoms with E-state index in [-0.39, 0.29) is 4.88 Å². The molecule has 0 aliphatic rings. The van der Waals surface area contributed by atoms with Gasteiger partial charge in [0, 0.05) is 4.88 Å². The molecule has 1 N–H and O–H groups in total. The molecule has 66 valence electrons. The second-order valence-electron chi connectivity index (χ2n) is 2.29. The zero-order valence-electron chi connectivity index (χ0n) is 6.96. The first-order valence-electron chi connectivity index (χ1n) is 3.61. The van der Waals surface area contributed by atoms with E-state index in [2.05, 4.69) is 0 Å². The Morgan fingerprint density at radius 1 is 1.75 bits per heavy atom. The number of carboxylic acids is 1. The summed E-state index contributed by atoms with van der Waals surface area (Å²) in [6.07, 6.45) is 0. The van der Waals surface area contributed by atoms with Crippen LogP contribution < -0.4 is 4.74 Å². The lowest BCUT2D eigenvalue weighted by Gasteiger charge is -1.99. The predicted molar refractivity (Wildman–Crippen MR) is 47.2 cm³/mol. The molecule has 4 heteroatoms. The minimum atomic E-state index is -0.920. The Bertz CT molecular complexity index is 290. The first-order chi connectivity index (χ1) is 5.65. The molecule has 3 nitrogen and oxygen atoms in total. The molecule has 0 radical (unpaired) electrons. The first kappa shape index (κ1) is 9.06. The number of ether oxygens (including phenoxy) is 1. The molecule has 1 heterocycles. The highest BCUT2D eigenvalue weighted by molar-refractivity contribution is 7.14. The number of hydrogen-bond acceptors (Lipinski definition) is 3. The molecule has 0 aliphatic carbocycles. The average Bonchev–Trinajstić information content (AvgIpc) is 2.32. The summed E-state index contributed by atoms with van der Waals surface area (Å²) in [5.41, 5.74) is 0. The third-order valence-corrected chi connectivity index (χ3v) is 2.34. The fourth-order valence-corrected chi connectivity index (χ4v) is 1.70. The summed E-state index contributed by atoms with van der Waals surface area (Å²) in [7, 11) is 0. The van der Waals surface area contributed by atoms with E-state index in [1.54, 1.807) is 6.07 Å². The molecule has 0 saturated carbocycles. The highest BCUT2D eigenvalue weighted by Crippen LogP contribution is 2.28. The highest BCUT2D eigenvalue weighted by Gasteiger charge is 2.14. The Kier molecular flexibility index (Phi) is 2.70. The second kappa shape index (κ2) is 3.58. The van der Waals surface area contributed by atoms with Gasteiger partial charge in [-0.1, -0.05) is 0 Å². The van der Waals surface area contributed by atoms with Gasteiger partial charge in [0.25, 0.3) is 0 Å². The lowest BCUT2D eigenvalue weighted by Crippen LogP contribution is -1.98. The summed E-state index contributed by atoms with van der Waals surface area (Å²) in [6, 6.07) is 1.75. The Morgan fingerprint density at radius 2 is 2.42 bits per heavy atom. The molecule has 0 saturated heterocycles. The molecule has 0 unspecified atom stereocenters. The maximum absolute atomic E-state index is 10.6.